The van der Waals surface area contributed by atoms with E-state index in [0.29, 0.717) is 19.3 Å². The van der Waals surface area contributed by atoms with Crippen molar-refractivity contribution in [2.75, 3.05) is 0 Å². The summed E-state index contributed by atoms with van der Waals surface area (Å²) in [4.78, 5) is 11.8. The summed E-state index contributed by atoms with van der Waals surface area (Å²) >= 11 is 0. The number of carbonyl (C=O) groups is 1. The van der Waals surface area contributed by atoms with Gasteiger partial charge in [-0.15, -0.1) is 0 Å². The van der Waals surface area contributed by atoms with Crippen LogP contribution in [0.3, 0.4) is 0 Å². The molecule has 0 unspecified atom stereocenters. The predicted molar refractivity (Wildman–Crippen MR) is 121 cm³/mol. The Labute approximate surface area is 187 Å². The third-order valence-electron chi connectivity index (χ3n) is 5.91. The van der Waals surface area contributed by atoms with E-state index in [9.17, 15) is 14.3 Å². The standard InChI is InChI=1S/C26H29FN2O3/c1-16(2)25-23(13-12-22-14-21(30)15-24(31)32-22)26(18-6-8-19(27)9-7-18)29(28-25)20-10-4-17(3)5-11-20/h4-11,16,21-22,30H,12-15H2,1-3H3/t21-,22-/m0/s1. The number of carbonyl (C=O) groups excluding carboxylic acids is 1. The van der Waals surface area contributed by atoms with Gasteiger partial charge in [0.25, 0.3) is 0 Å². The van der Waals surface area contributed by atoms with Crippen LogP contribution in [0.25, 0.3) is 16.9 Å². The fourth-order valence-corrected chi connectivity index (χ4v) is 4.30. The van der Waals surface area contributed by atoms with Crippen LogP contribution in [0.1, 0.15) is 55.8 Å². The molecule has 168 valence electrons. The first-order chi connectivity index (χ1) is 15.3. The molecule has 32 heavy (non-hydrogen) atoms. The molecule has 1 saturated heterocycles. The molecular formula is C26H29FN2O3. The molecule has 4 rings (SSSR count). The van der Waals surface area contributed by atoms with E-state index >= 15 is 0 Å². The fraction of sp³-hybridized carbons (Fsp3) is 0.385. The molecule has 2 heterocycles. The molecular weight excluding hydrogens is 407 g/mol. The van der Waals surface area contributed by atoms with E-state index in [4.69, 9.17) is 9.84 Å². The maximum Gasteiger partial charge on any atom is 0.308 e. The van der Waals surface area contributed by atoms with E-state index in [1.165, 1.54) is 12.1 Å². The number of ether oxygens (including phenoxy) is 1. The van der Waals surface area contributed by atoms with Crippen molar-refractivity contribution >= 4 is 5.97 Å². The molecule has 1 aliphatic rings. The average molecular weight is 437 g/mol. The first-order valence-corrected chi connectivity index (χ1v) is 11.1. The number of aryl methyl sites for hydroxylation is 1. The summed E-state index contributed by atoms with van der Waals surface area (Å²) in [7, 11) is 0. The van der Waals surface area contributed by atoms with Gasteiger partial charge in [-0.1, -0.05) is 31.5 Å². The molecule has 0 spiro atoms. The quantitative estimate of drug-likeness (QED) is 0.546. The van der Waals surface area contributed by atoms with Crippen molar-refractivity contribution in [1.82, 2.24) is 9.78 Å². The molecule has 5 nitrogen and oxygen atoms in total. The Kier molecular flexibility index (Phi) is 6.42. The van der Waals surface area contributed by atoms with Crippen LogP contribution < -0.4 is 0 Å². The molecule has 1 fully saturated rings. The summed E-state index contributed by atoms with van der Waals surface area (Å²) < 4.78 is 21.1. The molecule has 2 atom stereocenters. The third-order valence-corrected chi connectivity index (χ3v) is 5.91. The zero-order chi connectivity index (χ0) is 22.8. The highest BCUT2D eigenvalue weighted by atomic mass is 19.1. The lowest BCUT2D eigenvalue weighted by atomic mass is 9.93. The number of esters is 1. The van der Waals surface area contributed by atoms with E-state index in [0.717, 1.165) is 33.8 Å². The monoisotopic (exact) mass is 436 g/mol. The molecule has 0 saturated carbocycles. The van der Waals surface area contributed by atoms with Crippen molar-refractivity contribution in [1.29, 1.82) is 0 Å². The van der Waals surface area contributed by atoms with Crippen molar-refractivity contribution < 1.29 is 19.0 Å². The lowest BCUT2D eigenvalue weighted by Crippen LogP contribution is -2.32. The molecule has 1 N–H and O–H groups in total. The van der Waals surface area contributed by atoms with Crippen LogP contribution in [0.5, 0.6) is 0 Å². The highest BCUT2D eigenvalue weighted by Gasteiger charge is 2.29. The summed E-state index contributed by atoms with van der Waals surface area (Å²) in [5.41, 5.74) is 5.91. The van der Waals surface area contributed by atoms with Crippen LogP contribution in [0.15, 0.2) is 48.5 Å². The van der Waals surface area contributed by atoms with E-state index < -0.39 is 6.10 Å². The predicted octanol–water partition coefficient (Wildman–Crippen LogP) is 5.11. The first-order valence-electron chi connectivity index (χ1n) is 11.1. The summed E-state index contributed by atoms with van der Waals surface area (Å²) in [6.07, 6.45) is 0.751. The highest BCUT2D eigenvalue weighted by molar-refractivity contribution is 5.71. The van der Waals surface area contributed by atoms with Gasteiger partial charge < -0.3 is 9.84 Å². The average Bonchev–Trinajstić information content (AvgIpc) is 3.12. The Morgan fingerprint density at radius 2 is 1.84 bits per heavy atom. The van der Waals surface area contributed by atoms with Crippen LogP contribution >= 0.6 is 0 Å². The number of halogens is 1. The van der Waals surface area contributed by atoms with E-state index in [-0.39, 0.29) is 30.2 Å². The van der Waals surface area contributed by atoms with Crippen molar-refractivity contribution in [3.05, 3.63) is 71.2 Å². The minimum absolute atomic E-state index is 0.0555. The number of benzene rings is 2. The van der Waals surface area contributed by atoms with Crippen LogP contribution in [-0.2, 0) is 16.0 Å². The largest absolute Gasteiger partial charge is 0.462 e. The van der Waals surface area contributed by atoms with Crippen LogP contribution in [0.2, 0.25) is 0 Å². The van der Waals surface area contributed by atoms with Gasteiger partial charge in [0.1, 0.15) is 11.9 Å². The maximum atomic E-state index is 13.7. The number of hydrogen-bond acceptors (Lipinski definition) is 4. The first kappa shape index (κ1) is 22.2. The topological polar surface area (TPSA) is 64.3 Å². The summed E-state index contributed by atoms with van der Waals surface area (Å²) in [6, 6.07) is 14.6. The molecule has 6 heteroatoms. The Hall–Kier alpha value is -2.99. The van der Waals surface area contributed by atoms with Gasteiger partial charge in [0, 0.05) is 17.5 Å². The molecule has 1 aliphatic heterocycles. The Morgan fingerprint density at radius 3 is 2.47 bits per heavy atom. The number of aromatic nitrogens is 2. The van der Waals surface area contributed by atoms with E-state index in [1.807, 2.05) is 35.9 Å². The lowest BCUT2D eigenvalue weighted by molar-refractivity contribution is -0.160. The molecule has 0 amide bonds. The zero-order valence-corrected chi connectivity index (χ0v) is 18.7. The third kappa shape index (κ3) is 4.75. The number of cyclic esters (lactones) is 1. The fourth-order valence-electron chi connectivity index (χ4n) is 4.30. The molecule has 2 aromatic carbocycles. The second-order valence-corrected chi connectivity index (χ2v) is 8.87. The highest BCUT2D eigenvalue weighted by Crippen LogP contribution is 2.34. The van der Waals surface area contributed by atoms with Gasteiger partial charge in [0.05, 0.1) is 29.6 Å². The summed E-state index contributed by atoms with van der Waals surface area (Å²) in [5.74, 6) is -0.466. The number of aliphatic hydroxyl groups is 1. The number of rotatable bonds is 6. The number of hydrogen-bond donors (Lipinski definition) is 1. The van der Waals surface area contributed by atoms with E-state index in [2.05, 4.69) is 13.8 Å². The molecule has 3 aromatic rings. The van der Waals surface area contributed by atoms with Crippen molar-refractivity contribution in [2.24, 2.45) is 0 Å². The van der Waals surface area contributed by atoms with Gasteiger partial charge in [0.15, 0.2) is 0 Å². The minimum Gasteiger partial charge on any atom is -0.462 e. The van der Waals surface area contributed by atoms with Gasteiger partial charge in [-0.2, -0.15) is 5.10 Å². The normalized spacial score (nSPS) is 18.8. The van der Waals surface area contributed by atoms with Gasteiger partial charge in [-0.05, 0) is 62.1 Å². The Balaban J connectivity index is 1.78. The maximum absolute atomic E-state index is 13.7. The van der Waals surface area contributed by atoms with Gasteiger partial charge in [-0.25, -0.2) is 9.07 Å². The molecule has 0 radical (unpaired) electrons. The van der Waals surface area contributed by atoms with Gasteiger partial charge in [0.2, 0.25) is 0 Å². The van der Waals surface area contributed by atoms with Crippen LogP contribution in [-0.4, -0.2) is 33.1 Å². The lowest BCUT2D eigenvalue weighted by Gasteiger charge is -2.26. The smallest absolute Gasteiger partial charge is 0.308 e. The summed E-state index contributed by atoms with van der Waals surface area (Å²) in [6.45, 7) is 6.24. The van der Waals surface area contributed by atoms with Gasteiger partial charge >= 0.3 is 5.97 Å². The van der Waals surface area contributed by atoms with Crippen LogP contribution in [0, 0.1) is 12.7 Å². The Bertz CT molecular complexity index is 1090. The number of aliphatic hydroxyl groups excluding tert-OH is 1. The van der Waals surface area contributed by atoms with Crippen LogP contribution in [0.4, 0.5) is 4.39 Å². The SMILES string of the molecule is Cc1ccc(-n2nc(C(C)C)c(CC[C@H]3C[C@H](O)CC(=O)O3)c2-c2ccc(F)cc2)cc1. The summed E-state index contributed by atoms with van der Waals surface area (Å²) in [5, 5.41) is 14.9. The van der Waals surface area contributed by atoms with Gasteiger partial charge in [-0.3, -0.25) is 4.79 Å². The Morgan fingerprint density at radius 1 is 1.16 bits per heavy atom. The van der Waals surface area contributed by atoms with Crippen molar-refractivity contribution in [3.8, 4) is 16.9 Å². The second-order valence-electron chi connectivity index (χ2n) is 8.87. The molecule has 0 bridgehead atoms. The van der Waals surface area contributed by atoms with Crippen molar-refractivity contribution in [2.45, 2.75) is 64.6 Å². The molecule has 0 aliphatic carbocycles. The van der Waals surface area contributed by atoms with Crippen molar-refractivity contribution in [3.63, 3.8) is 0 Å². The molecule has 1 aromatic heterocycles. The zero-order valence-electron chi connectivity index (χ0n) is 18.7. The van der Waals surface area contributed by atoms with E-state index in [1.54, 1.807) is 12.1 Å². The second kappa shape index (κ2) is 9.25. The minimum atomic E-state index is -0.655. The number of nitrogens with zero attached hydrogens (tertiary/aromatic N) is 2.